The highest BCUT2D eigenvalue weighted by atomic mass is 19.1. The number of benzene rings is 1. The molecule has 1 aliphatic heterocycles. The number of carbonyl (C=O) groups is 3. The molecule has 1 fully saturated rings. The minimum Gasteiger partial charge on any atom is -0.324 e. The van der Waals surface area contributed by atoms with Gasteiger partial charge in [-0.2, -0.15) is 0 Å². The molecule has 0 saturated carbocycles. The highest BCUT2D eigenvalue weighted by Crippen LogP contribution is 2.24. The van der Waals surface area contributed by atoms with Crippen molar-refractivity contribution in [3.05, 3.63) is 30.1 Å². The number of anilines is 1. The average molecular weight is 335 g/mol. The van der Waals surface area contributed by atoms with Gasteiger partial charge in [0, 0.05) is 5.69 Å². The van der Waals surface area contributed by atoms with E-state index in [1.165, 1.54) is 18.2 Å². The number of urea groups is 1. The maximum Gasteiger partial charge on any atom is 0.325 e. The van der Waals surface area contributed by atoms with Crippen molar-refractivity contribution in [2.24, 2.45) is 5.92 Å². The summed E-state index contributed by atoms with van der Waals surface area (Å²) in [5.74, 6) is -1.05. The van der Waals surface area contributed by atoms with E-state index in [2.05, 4.69) is 10.6 Å². The van der Waals surface area contributed by atoms with Gasteiger partial charge >= 0.3 is 6.03 Å². The SMILES string of the molecule is CC(C)CC[C@@]1(C)NC(=O)N(CC(=O)Nc2cccc(F)c2)C1=O. The number of nitrogens with zero attached hydrogens (tertiary/aromatic N) is 1. The number of rotatable bonds is 6. The topological polar surface area (TPSA) is 78.5 Å². The first kappa shape index (κ1) is 17.9. The van der Waals surface area contributed by atoms with E-state index >= 15 is 0 Å². The third-order valence-electron chi connectivity index (χ3n) is 3.98. The van der Waals surface area contributed by atoms with Gasteiger partial charge in [0.05, 0.1) is 0 Å². The second-order valence-electron chi connectivity index (χ2n) is 6.64. The van der Waals surface area contributed by atoms with Crippen molar-refractivity contribution in [1.82, 2.24) is 10.2 Å². The molecular formula is C17H22FN3O3. The summed E-state index contributed by atoms with van der Waals surface area (Å²) in [6, 6.07) is 4.83. The van der Waals surface area contributed by atoms with Crippen LogP contribution in [0.15, 0.2) is 24.3 Å². The lowest BCUT2D eigenvalue weighted by molar-refractivity contribution is -0.133. The fourth-order valence-electron chi connectivity index (χ4n) is 2.55. The summed E-state index contributed by atoms with van der Waals surface area (Å²) in [5, 5.41) is 5.14. The van der Waals surface area contributed by atoms with E-state index in [1.807, 2.05) is 13.8 Å². The molecule has 4 amide bonds. The van der Waals surface area contributed by atoms with Crippen molar-refractivity contribution in [2.45, 2.75) is 39.2 Å². The first-order valence-electron chi connectivity index (χ1n) is 7.91. The number of halogens is 1. The molecule has 1 aromatic carbocycles. The van der Waals surface area contributed by atoms with Gasteiger partial charge in [-0.3, -0.25) is 14.5 Å². The molecule has 0 bridgehead atoms. The number of imide groups is 1. The van der Waals surface area contributed by atoms with Gasteiger partial charge in [-0.15, -0.1) is 0 Å². The van der Waals surface area contributed by atoms with E-state index in [4.69, 9.17) is 0 Å². The summed E-state index contributed by atoms with van der Waals surface area (Å²) in [5.41, 5.74) is -0.713. The number of hydrogen-bond donors (Lipinski definition) is 2. The zero-order valence-corrected chi connectivity index (χ0v) is 14.1. The Morgan fingerprint density at radius 3 is 2.71 bits per heavy atom. The molecule has 1 atom stereocenters. The smallest absolute Gasteiger partial charge is 0.324 e. The summed E-state index contributed by atoms with van der Waals surface area (Å²) in [4.78, 5) is 37.5. The number of amides is 4. The van der Waals surface area contributed by atoms with Crippen LogP contribution in [0.3, 0.4) is 0 Å². The summed E-state index contributed by atoms with van der Waals surface area (Å²) in [6.07, 6.45) is 1.29. The monoisotopic (exact) mass is 335 g/mol. The molecule has 0 unspecified atom stereocenters. The maximum absolute atomic E-state index is 13.1. The Balaban J connectivity index is 2.00. The fraction of sp³-hybridized carbons (Fsp3) is 0.471. The number of carbonyl (C=O) groups excluding carboxylic acids is 3. The van der Waals surface area contributed by atoms with Crippen LogP contribution < -0.4 is 10.6 Å². The first-order valence-corrected chi connectivity index (χ1v) is 7.91. The van der Waals surface area contributed by atoms with Gasteiger partial charge in [-0.05, 0) is 43.9 Å². The average Bonchev–Trinajstić information content (AvgIpc) is 2.69. The van der Waals surface area contributed by atoms with Crippen LogP contribution in [0.4, 0.5) is 14.9 Å². The summed E-state index contributed by atoms with van der Waals surface area (Å²) in [6.45, 7) is 5.34. The highest BCUT2D eigenvalue weighted by molar-refractivity contribution is 6.09. The van der Waals surface area contributed by atoms with Gasteiger partial charge in [-0.25, -0.2) is 9.18 Å². The van der Waals surface area contributed by atoms with Crippen molar-refractivity contribution in [1.29, 1.82) is 0 Å². The Morgan fingerprint density at radius 2 is 2.08 bits per heavy atom. The van der Waals surface area contributed by atoms with Crippen molar-refractivity contribution in [2.75, 3.05) is 11.9 Å². The summed E-state index contributed by atoms with van der Waals surface area (Å²) >= 11 is 0. The molecule has 0 spiro atoms. The van der Waals surface area contributed by atoms with E-state index in [0.717, 1.165) is 17.4 Å². The zero-order valence-electron chi connectivity index (χ0n) is 14.1. The van der Waals surface area contributed by atoms with E-state index in [-0.39, 0.29) is 5.69 Å². The molecule has 130 valence electrons. The summed E-state index contributed by atoms with van der Waals surface area (Å²) in [7, 11) is 0. The van der Waals surface area contributed by atoms with Gasteiger partial charge in [0.15, 0.2) is 0 Å². The highest BCUT2D eigenvalue weighted by Gasteiger charge is 2.47. The van der Waals surface area contributed by atoms with Gasteiger partial charge in [0.2, 0.25) is 5.91 Å². The second-order valence-corrected chi connectivity index (χ2v) is 6.64. The predicted molar refractivity (Wildman–Crippen MR) is 87.8 cm³/mol. The Kier molecular flexibility index (Phi) is 5.21. The van der Waals surface area contributed by atoms with E-state index < -0.39 is 35.7 Å². The lowest BCUT2D eigenvalue weighted by Gasteiger charge is -2.22. The first-order chi connectivity index (χ1) is 11.2. The summed E-state index contributed by atoms with van der Waals surface area (Å²) < 4.78 is 13.1. The minimum atomic E-state index is -0.986. The molecule has 2 N–H and O–H groups in total. The van der Waals surface area contributed by atoms with Crippen LogP contribution in [0.5, 0.6) is 0 Å². The third-order valence-corrected chi connectivity index (χ3v) is 3.98. The molecule has 24 heavy (non-hydrogen) atoms. The van der Waals surface area contributed by atoms with Crippen molar-refractivity contribution in [3.8, 4) is 0 Å². The Bertz CT molecular complexity index is 662. The van der Waals surface area contributed by atoms with Crippen LogP contribution in [-0.4, -0.2) is 34.8 Å². The Morgan fingerprint density at radius 1 is 1.38 bits per heavy atom. The largest absolute Gasteiger partial charge is 0.325 e. The molecule has 1 aliphatic rings. The molecule has 1 heterocycles. The van der Waals surface area contributed by atoms with E-state index in [9.17, 15) is 18.8 Å². The molecular weight excluding hydrogens is 313 g/mol. The lowest BCUT2D eigenvalue weighted by atomic mass is 9.92. The van der Waals surface area contributed by atoms with Gasteiger partial charge in [0.25, 0.3) is 5.91 Å². The van der Waals surface area contributed by atoms with Crippen LogP contribution in [-0.2, 0) is 9.59 Å². The molecule has 7 heteroatoms. The van der Waals surface area contributed by atoms with Crippen LogP contribution in [0.1, 0.15) is 33.6 Å². The van der Waals surface area contributed by atoms with Gasteiger partial charge in [-0.1, -0.05) is 19.9 Å². The number of hydrogen-bond acceptors (Lipinski definition) is 3. The van der Waals surface area contributed by atoms with Gasteiger partial charge in [0.1, 0.15) is 17.9 Å². The van der Waals surface area contributed by atoms with Crippen molar-refractivity contribution >= 4 is 23.5 Å². The van der Waals surface area contributed by atoms with Gasteiger partial charge < -0.3 is 10.6 Å². The number of nitrogens with one attached hydrogen (secondary N) is 2. The van der Waals surface area contributed by atoms with Crippen molar-refractivity contribution in [3.63, 3.8) is 0 Å². The maximum atomic E-state index is 13.1. The molecule has 2 rings (SSSR count). The normalized spacial score (nSPS) is 20.5. The van der Waals surface area contributed by atoms with E-state index in [0.29, 0.717) is 12.3 Å². The minimum absolute atomic E-state index is 0.273. The van der Waals surface area contributed by atoms with Crippen LogP contribution in [0.25, 0.3) is 0 Å². The zero-order chi connectivity index (χ0) is 17.9. The molecule has 0 radical (unpaired) electrons. The van der Waals surface area contributed by atoms with E-state index in [1.54, 1.807) is 6.92 Å². The molecule has 1 aromatic rings. The molecule has 0 aromatic heterocycles. The quantitative estimate of drug-likeness (QED) is 0.784. The van der Waals surface area contributed by atoms with Crippen LogP contribution in [0.2, 0.25) is 0 Å². The Hall–Kier alpha value is -2.44. The van der Waals surface area contributed by atoms with Crippen LogP contribution >= 0.6 is 0 Å². The standard InChI is InChI=1S/C17H22FN3O3/c1-11(2)7-8-17(3)15(23)21(16(24)20-17)10-14(22)19-13-6-4-5-12(18)9-13/h4-6,9,11H,7-8,10H2,1-3H3,(H,19,22)(H,20,24)/t17-/m1/s1. The van der Waals surface area contributed by atoms with Crippen molar-refractivity contribution < 1.29 is 18.8 Å². The second kappa shape index (κ2) is 6.98. The fourth-order valence-corrected chi connectivity index (χ4v) is 2.55. The molecule has 1 saturated heterocycles. The molecule has 6 nitrogen and oxygen atoms in total. The third kappa shape index (κ3) is 4.10. The van der Waals surface area contributed by atoms with Crippen LogP contribution in [0, 0.1) is 11.7 Å². The predicted octanol–water partition coefficient (Wildman–Crippen LogP) is 2.51. The Labute approximate surface area is 140 Å². The lowest BCUT2D eigenvalue weighted by Crippen LogP contribution is -2.44. The molecule has 0 aliphatic carbocycles.